The Labute approximate surface area is 127 Å². The molecule has 0 amide bonds. The Morgan fingerprint density at radius 2 is 1.76 bits per heavy atom. The van der Waals surface area contributed by atoms with Crippen molar-refractivity contribution in [2.24, 2.45) is 0 Å². The number of sulfone groups is 1. The second-order valence-electron chi connectivity index (χ2n) is 5.00. The summed E-state index contributed by atoms with van der Waals surface area (Å²) in [5, 5.41) is -0.315. The van der Waals surface area contributed by atoms with Crippen molar-refractivity contribution in [1.82, 2.24) is 4.98 Å². The van der Waals surface area contributed by atoms with E-state index in [9.17, 15) is 8.42 Å². The SMILES string of the molecule is CCCC(CCC)S(=O)(=O)Cc1nccc(OC)c1OC. The van der Waals surface area contributed by atoms with Crippen LogP contribution in [-0.2, 0) is 15.6 Å². The third kappa shape index (κ3) is 4.59. The lowest BCUT2D eigenvalue weighted by atomic mass is 10.2. The molecule has 0 unspecified atom stereocenters. The van der Waals surface area contributed by atoms with Gasteiger partial charge in [0.05, 0.1) is 25.2 Å². The average molecular weight is 315 g/mol. The molecule has 1 heterocycles. The Morgan fingerprint density at radius 1 is 1.14 bits per heavy atom. The quantitative estimate of drug-likeness (QED) is 0.701. The van der Waals surface area contributed by atoms with Crippen molar-refractivity contribution in [3.8, 4) is 11.5 Å². The van der Waals surface area contributed by atoms with E-state index in [-0.39, 0.29) is 11.0 Å². The molecule has 0 saturated carbocycles. The number of ether oxygens (including phenoxy) is 2. The van der Waals surface area contributed by atoms with Gasteiger partial charge in [-0.05, 0) is 12.8 Å². The largest absolute Gasteiger partial charge is 0.493 e. The van der Waals surface area contributed by atoms with Crippen molar-refractivity contribution in [3.05, 3.63) is 18.0 Å². The first-order chi connectivity index (χ1) is 10.00. The van der Waals surface area contributed by atoms with Crippen LogP contribution >= 0.6 is 0 Å². The van der Waals surface area contributed by atoms with Gasteiger partial charge in [-0.3, -0.25) is 4.98 Å². The second-order valence-corrected chi connectivity index (χ2v) is 7.28. The molecule has 0 N–H and O–H groups in total. The lowest BCUT2D eigenvalue weighted by Crippen LogP contribution is -2.23. The molecule has 1 aromatic heterocycles. The monoisotopic (exact) mass is 315 g/mol. The molecule has 120 valence electrons. The molecule has 0 bridgehead atoms. The van der Waals surface area contributed by atoms with Crippen LogP contribution in [0.5, 0.6) is 11.5 Å². The van der Waals surface area contributed by atoms with E-state index in [2.05, 4.69) is 4.98 Å². The van der Waals surface area contributed by atoms with Gasteiger partial charge in [-0.25, -0.2) is 8.42 Å². The first-order valence-corrected chi connectivity index (χ1v) is 8.99. The maximum absolute atomic E-state index is 12.6. The molecular formula is C15H25NO4S. The zero-order chi connectivity index (χ0) is 15.9. The first kappa shape index (κ1) is 17.8. The summed E-state index contributed by atoms with van der Waals surface area (Å²) in [7, 11) is -0.243. The second kappa shape index (κ2) is 8.22. The Bertz CT molecular complexity index is 537. The van der Waals surface area contributed by atoms with Crippen LogP contribution in [0, 0.1) is 0 Å². The predicted molar refractivity (Wildman–Crippen MR) is 83.6 cm³/mol. The van der Waals surface area contributed by atoms with Gasteiger partial charge in [0.25, 0.3) is 0 Å². The highest BCUT2D eigenvalue weighted by Crippen LogP contribution is 2.31. The van der Waals surface area contributed by atoms with Crippen LogP contribution in [0.3, 0.4) is 0 Å². The van der Waals surface area contributed by atoms with E-state index in [0.717, 1.165) is 12.8 Å². The minimum atomic E-state index is -3.26. The number of aromatic nitrogens is 1. The summed E-state index contributed by atoms with van der Waals surface area (Å²) in [5.41, 5.74) is 0.411. The maximum Gasteiger partial charge on any atom is 0.183 e. The highest BCUT2D eigenvalue weighted by molar-refractivity contribution is 7.91. The van der Waals surface area contributed by atoms with Crippen molar-refractivity contribution >= 4 is 9.84 Å². The zero-order valence-corrected chi connectivity index (χ0v) is 14.1. The van der Waals surface area contributed by atoms with Gasteiger partial charge in [0, 0.05) is 12.3 Å². The van der Waals surface area contributed by atoms with Gasteiger partial charge in [-0.2, -0.15) is 0 Å². The molecule has 1 aromatic rings. The molecular weight excluding hydrogens is 290 g/mol. The van der Waals surface area contributed by atoms with E-state index in [1.807, 2.05) is 13.8 Å². The maximum atomic E-state index is 12.6. The Kier molecular flexibility index (Phi) is 6.95. The third-order valence-corrected chi connectivity index (χ3v) is 5.60. The van der Waals surface area contributed by atoms with Gasteiger partial charge in [0.2, 0.25) is 0 Å². The molecule has 0 aliphatic carbocycles. The van der Waals surface area contributed by atoms with Crippen LogP contribution in [0.15, 0.2) is 12.3 Å². The minimum Gasteiger partial charge on any atom is -0.493 e. The first-order valence-electron chi connectivity index (χ1n) is 7.27. The summed E-state index contributed by atoms with van der Waals surface area (Å²) < 4.78 is 35.7. The van der Waals surface area contributed by atoms with Crippen LogP contribution in [0.4, 0.5) is 0 Å². The van der Waals surface area contributed by atoms with E-state index in [0.29, 0.717) is 30.0 Å². The molecule has 0 spiro atoms. The van der Waals surface area contributed by atoms with Gasteiger partial charge < -0.3 is 9.47 Å². The van der Waals surface area contributed by atoms with Crippen molar-refractivity contribution in [3.63, 3.8) is 0 Å². The highest BCUT2D eigenvalue weighted by Gasteiger charge is 2.27. The summed E-state index contributed by atoms with van der Waals surface area (Å²) in [6.45, 7) is 4.01. The predicted octanol–water partition coefficient (Wildman–Crippen LogP) is 2.98. The number of methoxy groups -OCH3 is 2. The molecule has 0 aromatic carbocycles. The van der Waals surface area contributed by atoms with E-state index < -0.39 is 9.84 Å². The number of pyridine rings is 1. The van der Waals surface area contributed by atoms with Crippen molar-refractivity contribution < 1.29 is 17.9 Å². The summed E-state index contributed by atoms with van der Waals surface area (Å²) in [6.07, 6.45) is 4.62. The van der Waals surface area contributed by atoms with Crippen LogP contribution in [0.2, 0.25) is 0 Å². The number of hydrogen-bond donors (Lipinski definition) is 0. The highest BCUT2D eigenvalue weighted by atomic mass is 32.2. The fourth-order valence-electron chi connectivity index (χ4n) is 2.41. The average Bonchev–Trinajstić information content (AvgIpc) is 2.46. The van der Waals surface area contributed by atoms with Crippen molar-refractivity contribution in [2.75, 3.05) is 14.2 Å². The summed E-state index contributed by atoms with van der Waals surface area (Å²) >= 11 is 0. The van der Waals surface area contributed by atoms with Crippen LogP contribution in [-0.4, -0.2) is 32.9 Å². The van der Waals surface area contributed by atoms with Gasteiger partial charge >= 0.3 is 0 Å². The molecule has 0 atom stereocenters. The number of rotatable bonds is 9. The molecule has 0 aliphatic rings. The molecule has 1 rings (SSSR count). The van der Waals surface area contributed by atoms with Gasteiger partial charge in [-0.1, -0.05) is 26.7 Å². The van der Waals surface area contributed by atoms with E-state index in [4.69, 9.17) is 9.47 Å². The fourth-order valence-corrected chi connectivity index (χ4v) is 4.42. The van der Waals surface area contributed by atoms with Crippen molar-refractivity contribution in [1.29, 1.82) is 0 Å². The fraction of sp³-hybridized carbons (Fsp3) is 0.667. The standard InChI is InChI=1S/C15H25NO4S/c1-5-7-12(8-6-2)21(17,18)11-13-15(20-4)14(19-3)9-10-16-13/h9-10,12H,5-8,11H2,1-4H3. The van der Waals surface area contributed by atoms with Gasteiger partial charge in [-0.15, -0.1) is 0 Å². The van der Waals surface area contributed by atoms with E-state index >= 15 is 0 Å². The van der Waals surface area contributed by atoms with Crippen LogP contribution < -0.4 is 9.47 Å². The zero-order valence-electron chi connectivity index (χ0n) is 13.3. The van der Waals surface area contributed by atoms with E-state index in [1.54, 1.807) is 12.3 Å². The number of nitrogens with zero attached hydrogens (tertiary/aromatic N) is 1. The van der Waals surface area contributed by atoms with Crippen LogP contribution in [0.1, 0.15) is 45.2 Å². The van der Waals surface area contributed by atoms with Gasteiger partial charge in [0.15, 0.2) is 21.3 Å². The van der Waals surface area contributed by atoms with Gasteiger partial charge in [0.1, 0.15) is 5.69 Å². The summed E-state index contributed by atoms with van der Waals surface area (Å²) in [6, 6.07) is 1.66. The number of hydrogen-bond acceptors (Lipinski definition) is 5. The van der Waals surface area contributed by atoms with Crippen molar-refractivity contribution in [2.45, 2.75) is 50.5 Å². The molecule has 0 aliphatic heterocycles. The Morgan fingerprint density at radius 3 is 2.24 bits per heavy atom. The summed E-state index contributed by atoms with van der Waals surface area (Å²) in [5.74, 6) is 0.786. The third-order valence-electron chi connectivity index (χ3n) is 3.43. The van der Waals surface area contributed by atoms with Crippen LogP contribution in [0.25, 0.3) is 0 Å². The van der Waals surface area contributed by atoms with E-state index in [1.165, 1.54) is 14.2 Å². The molecule has 21 heavy (non-hydrogen) atoms. The summed E-state index contributed by atoms with van der Waals surface area (Å²) in [4.78, 5) is 4.16. The molecule has 0 saturated heterocycles. The molecule has 0 radical (unpaired) electrons. The lowest BCUT2D eigenvalue weighted by molar-refractivity contribution is 0.350. The molecule has 6 heteroatoms. The topological polar surface area (TPSA) is 65.5 Å². The molecule has 0 fully saturated rings. The normalized spacial score (nSPS) is 11.7. The molecule has 5 nitrogen and oxygen atoms in total. The Hall–Kier alpha value is -1.30. The lowest BCUT2D eigenvalue weighted by Gasteiger charge is -2.17. The Balaban J connectivity index is 3.08. The smallest absolute Gasteiger partial charge is 0.183 e. The minimum absolute atomic E-state index is 0.113.